The van der Waals surface area contributed by atoms with E-state index < -0.39 is 71.2 Å². The molecule has 0 aliphatic carbocycles. The van der Waals surface area contributed by atoms with Crippen molar-refractivity contribution in [1.29, 1.82) is 0 Å². The average Bonchev–Trinajstić information content (AvgIpc) is 3.31. The lowest BCUT2D eigenvalue weighted by Crippen LogP contribution is -2.54. The first-order valence-corrected chi connectivity index (χ1v) is 15.8. The first-order chi connectivity index (χ1) is 19.9. The molecule has 2 rings (SSSR count). The van der Waals surface area contributed by atoms with Crippen molar-refractivity contribution in [1.82, 2.24) is 15.5 Å². The number of carboxylic acid groups (broad SMARTS) is 1. The van der Waals surface area contributed by atoms with Gasteiger partial charge in [0.05, 0.1) is 11.2 Å². The Morgan fingerprint density at radius 1 is 0.977 bits per heavy atom. The number of amides is 3. The van der Waals surface area contributed by atoms with Gasteiger partial charge in [0.2, 0.25) is 5.91 Å². The van der Waals surface area contributed by atoms with Crippen LogP contribution < -0.4 is 10.6 Å². The molecule has 2 aliphatic heterocycles. The molecule has 0 spiro atoms. The van der Waals surface area contributed by atoms with Crippen LogP contribution in [-0.2, 0) is 28.4 Å². The summed E-state index contributed by atoms with van der Waals surface area (Å²) in [5, 5.41) is 16.1. The number of nitrogens with zero attached hydrogens (tertiary/aromatic N) is 1. The molecular weight excluding hydrogens is 569 g/mol. The lowest BCUT2D eigenvalue weighted by molar-refractivity contribution is -0.150. The van der Waals surface area contributed by atoms with Crippen LogP contribution in [0.2, 0.25) is 6.32 Å². The number of unbranched alkanes of at least 4 members (excludes halogenated alkanes) is 1. The number of ether oxygens (including phenoxy) is 2. The second kappa shape index (κ2) is 13.8. The van der Waals surface area contributed by atoms with E-state index in [1.165, 1.54) is 4.90 Å². The van der Waals surface area contributed by atoms with Crippen LogP contribution in [-0.4, -0.2) is 87.8 Å². The van der Waals surface area contributed by atoms with Gasteiger partial charge >= 0.3 is 25.3 Å². The van der Waals surface area contributed by atoms with Crippen molar-refractivity contribution in [3.63, 3.8) is 0 Å². The van der Waals surface area contributed by atoms with Crippen molar-refractivity contribution >= 4 is 31.2 Å². The minimum Gasteiger partial charge on any atom is -0.479 e. The summed E-state index contributed by atoms with van der Waals surface area (Å²) in [6, 6.07) is -1.59. The summed E-state index contributed by atoms with van der Waals surface area (Å²) in [7, 11) is -0.409. The fourth-order valence-electron chi connectivity index (χ4n) is 5.43. The summed E-state index contributed by atoms with van der Waals surface area (Å²) < 4.78 is 23.1. The van der Waals surface area contributed by atoms with Gasteiger partial charge in [-0.05, 0) is 87.9 Å². The highest BCUT2D eigenvalue weighted by Crippen LogP contribution is 2.40. The topological polar surface area (TPSA) is 153 Å². The van der Waals surface area contributed by atoms with Gasteiger partial charge in [-0.2, -0.15) is 0 Å². The predicted molar refractivity (Wildman–Crippen MR) is 167 cm³/mol. The molecule has 44 heavy (non-hydrogen) atoms. The molecule has 0 saturated carbocycles. The van der Waals surface area contributed by atoms with Gasteiger partial charge in [-0.15, -0.1) is 0 Å². The summed E-state index contributed by atoms with van der Waals surface area (Å²) in [6.45, 7) is 21.9. The Morgan fingerprint density at radius 2 is 1.52 bits per heavy atom. The predicted octanol–water partition coefficient (Wildman–Crippen LogP) is 5.14. The molecule has 0 aromatic rings. The molecule has 2 aliphatic rings. The van der Waals surface area contributed by atoms with E-state index in [0.29, 0.717) is 25.6 Å². The van der Waals surface area contributed by atoms with Crippen LogP contribution in [0.4, 0.5) is 9.59 Å². The second-order valence-corrected chi connectivity index (χ2v) is 15.3. The Kier molecular flexibility index (Phi) is 11.8. The molecule has 3 amide bonds. The Morgan fingerprint density at radius 3 is 2.00 bits per heavy atom. The lowest BCUT2D eigenvalue weighted by atomic mass is 9.80. The van der Waals surface area contributed by atoms with E-state index in [9.17, 15) is 24.3 Å². The Bertz CT molecular complexity index is 1040. The first kappa shape index (κ1) is 37.7. The van der Waals surface area contributed by atoms with Crippen LogP contribution in [0.25, 0.3) is 0 Å². The molecule has 252 valence electrons. The number of carboxylic acids is 1. The number of carbonyl (C=O) groups is 4. The second-order valence-electron chi connectivity index (χ2n) is 15.3. The molecule has 2 unspecified atom stereocenters. The summed E-state index contributed by atoms with van der Waals surface area (Å²) in [5.41, 5.74) is -4.12. The van der Waals surface area contributed by atoms with Gasteiger partial charge in [-0.25, -0.2) is 14.4 Å². The van der Waals surface area contributed by atoms with Crippen LogP contribution in [0.3, 0.4) is 0 Å². The monoisotopic (exact) mass is 625 g/mol. The fraction of sp³-hybridized carbons (Fsp3) is 0.871. The third-order valence-corrected chi connectivity index (χ3v) is 8.61. The van der Waals surface area contributed by atoms with Crippen molar-refractivity contribution < 1.29 is 43.1 Å². The van der Waals surface area contributed by atoms with E-state index in [1.54, 1.807) is 41.5 Å². The summed E-state index contributed by atoms with van der Waals surface area (Å²) >= 11 is 0. The van der Waals surface area contributed by atoms with Gasteiger partial charge in [-0.1, -0.05) is 33.1 Å². The number of alkyl carbamates (subject to hydrolysis) is 1. The molecule has 0 radical (unpaired) electrons. The average molecular weight is 626 g/mol. The SMILES string of the molecule is CC[C@H](C)[C@H](NC(=O)OC(C)(C)C)C(=O)NC1CN(C(=O)OC(C)(C)C)C(CCCCB2OC(C)(C)C(C)(C)O2)(C(=O)O)C1. The zero-order valence-corrected chi connectivity index (χ0v) is 28.9. The van der Waals surface area contributed by atoms with E-state index in [1.807, 2.05) is 41.5 Å². The van der Waals surface area contributed by atoms with E-state index in [2.05, 4.69) is 10.6 Å². The van der Waals surface area contributed by atoms with Gasteiger partial charge in [0, 0.05) is 19.0 Å². The summed E-state index contributed by atoms with van der Waals surface area (Å²) in [6.07, 6.45) is 0.927. The highest BCUT2D eigenvalue weighted by atomic mass is 16.7. The highest BCUT2D eigenvalue weighted by Gasteiger charge is 2.55. The third kappa shape index (κ3) is 9.73. The van der Waals surface area contributed by atoms with Crippen LogP contribution in [0.5, 0.6) is 0 Å². The highest BCUT2D eigenvalue weighted by molar-refractivity contribution is 6.45. The largest absolute Gasteiger partial charge is 0.479 e. The molecule has 3 N–H and O–H groups in total. The van der Waals surface area contributed by atoms with Crippen molar-refractivity contribution in [2.45, 2.75) is 162 Å². The number of carbonyl (C=O) groups excluding carboxylic acids is 3. The molecule has 2 heterocycles. The maximum absolute atomic E-state index is 13.5. The zero-order valence-electron chi connectivity index (χ0n) is 28.9. The fourth-order valence-corrected chi connectivity index (χ4v) is 5.43. The molecule has 2 saturated heterocycles. The standard InChI is InChI=1S/C31H56BN3O9/c1-13-20(2)22(34-25(39)41-27(3,4)5)23(36)33-21-18-31(24(37)38,35(19-21)26(40)42-28(6,7)8)16-14-15-17-32-43-29(9,10)30(11,12)44-32/h20-22H,13-19H2,1-12H3,(H,33,36)(H,34,39)(H,37,38)/t20-,21?,22-,31?/m0/s1. The van der Waals surface area contributed by atoms with Crippen molar-refractivity contribution in [2.75, 3.05) is 6.54 Å². The third-order valence-electron chi connectivity index (χ3n) is 8.61. The normalized spacial score (nSPS) is 24.4. The minimum absolute atomic E-state index is 0.0104. The quantitative estimate of drug-likeness (QED) is 0.209. The van der Waals surface area contributed by atoms with E-state index >= 15 is 0 Å². The van der Waals surface area contributed by atoms with Crippen LogP contribution in [0, 0.1) is 5.92 Å². The van der Waals surface area contributed by atoms with Crippen LogP contribution >= 0.6 is 0 Å². The zero-order chi connectivity index (χ0) is 33.9. The van der Waals surface area contributed by atoms with Crippen molar-refractivity contribution in [3.8, 4) is 0 Å². The molecule has 4 atom stereocenters. The Balaban J connectivity index is 2.22. The smallest absolute Gasteiger partial charge is 0.457 e. The molecular formula is C31H56BN3O9. The molecule has 0 bridgehead atoms. The molecule has 0 aromatic heterocycles. The lowest BCUT2D eigenvalue weighted by Gasteiger charge is -2.35. The summed E-state index contributed by atoms with van der Waals surface area (Å²) in [5.74, 6) is -1.87. The molecule has 2 fully saturated rings. The van der Waals surface area contributed by atoms with Gasteiger partial charge in [0.1, 0.15) is 22.8 Å². The first-order valence-electron chi connectivity index (χ1n) is 15.8. The number of rotatable bonds is 11. The minimum atomic E-state index is -1.60. The summed E-state index contributed by atoms with van der Waals surface area (Å²) in [4.78, 5) is 53.6. The maximum Gasteiger partial charge on any atom is 0.457 e. The molecule has 13 heteroatoms. The van der Waals surface area contributed by atoms with E-state index in [4.69, 9.17) is 18.8 Å². The van der Waals surface area contributed by atoms with Gasteiger partial charge in [0.25, 0.3) is 0 Å². The number of likely N-dealkylation sites (tertiary alicyclic amines) is 1. The number of aliphatic carboxylic acids is 1. The van der Waals surface area contributed by atoms with Gasteiger partial charge in [0.15, 0.2) is 0 Å². The maximum atomic E-state index is 13.5. The van der Waals surface area contributed by atoms with Gasteiger partial charge < -0.3 is 34.5 Å². The Hall–Kier alpha value is -2.54. The van der Waals surface area contributed by atoms with Crippen molar-refractivity contribution in [3.05, 3.63) is 0 Å². The van der Waals surface area contributed by atoms with E-state index in [0.717, 1.165) is 0 Å². The molecule has 0 aromatic carbocycles. The Labute approximate surface area is 263 Å². The number of hydrogen-bond acceptors (Lipinski definition) is 8. The van der Waals surface area contributed by atoms with Crippen LogP contribution in [0.15, 0.2) is 0 Å². The number of hydrogen-bond donors (Lipinski definition) is 3. The van der Waals surface area contributed by atoms with Crippen LogP contribution in [0.1, 0.15) is 115 Å². The molecule has 12 nitrogen and oxygen atoms in total. The number of nitrogens with one attached hydrogen (secondary N) is 2. The van der Waals surface area contributed by atoms with Crippen molar-refractivity contribution in [2.24, 2.45) is 5.92 Å². The van der Waals surface area contributed by atoms with Gasteiger partial charge in [-0.3, -0.25) is 9.69 Å². The van der Waals surface area contributed by atoms with E-state index in [-0.39, 0.29) is 25.3 Å².